The third-order valence-corrected chi connectivity index (χ3v) is 2.68. The molecule has 94 valence electrons. The molecule has 0 aliphatic rings. The summed E-state index contributed by atoms with van der Waals surface area (Å²) in [6.07, 6.45) is -2.40. The molecule has 0 spiro atoms. The highest BCUT2D eigenvalue weighted by Gasteiger charge is 2.24. The van der Waals surface area contributed by atoms with Crippen molar-refractivity contribution in [3.8, 4) is 0 Å². The zero-order chi connectivity index (χ0) is 13.0. The van der Waals surface area contributed by atoms with E-state index in [4.69, 9.17) is 21.4 Å². The Morgan fingerprint density at radius 3 is 2.24 bits per heavy atom. The maximum Gasteiger partial charge on any atom is 0.337 e. The number of aliphatic hydroxyl groups excluding tert-OH is 1. The molecule has 1 aromatic carbocycles. The molecule has 0 amide bonds. The third-order valence-electron chi connectivity index (χ3n) is 2.43. The fraction of sp³-hybridized carbons (Fsp3) is 0.417. The second-order valence-corrected chi connectivity index (χ2v) is 4.29. The number of rotatable bonds is 5. The van der Waals surface area contributed by atoms with Crippen molar-refractivity contribution < 1.29 is 19.7 Å². The zero-order valence-electron chi connectivity index (χ0n) is 9.63. The van der Waals surface area contributed by atoms with Crippen LogP contribution in [0.15, 0.2) is 24.3 Å². The molecule has 0 aliphatic carbocycles. The number of carboxylic acids is 1. The molecule has 0 aliphatic heterocycles. The van der Waals surface area contributed by atoms with Gasteiger partial charge in [-0.25, -0.2) is 4.79 Å². The number of ether oxygens (including phenoxy) is 1. The van der Waals surface area contributed by atoms with E-state index in [2.05, 4.69) is 0 Å². The molecule has 4 nitrogen and oxygen atoms in total. The summed E-state index contributed by atoms with van der Waals surface area (Å²) in [6, 6.07) is 6.39. The number of carbonyl (C=O) groups is 1. The van der Waals surface area contributed by atoms with Crippen molar-refractivity contribution in [2.24, 2.45) is 0 Å². The second kappa shape index (κ2) is 6.00. The highest BCUT2D eigenvalue weighted by molar-refractivity contribution is 6.30. The molecule has 0 saturated carbocycles. The minimum absolute atomic E-state index is 0.495. The molecule has 3 atom stereocenters. The first-order valence-corrected chi connectivity index (χ1v) is 5.61. The normalized spacial score (nSPS) is 16.2. The zero-order valence-corrected chi connectivity index (χ0v) is 10.4. The predicted molar refractivity (Wildman–Crippen MR) is 64.1 cm³/mol. The lowest BCUT2D eigenvalue weighted by Crippen LogP contribution is -2.28. The Bertz CT molecular complexity index is 375. The van der Waals surface area contributed by atoms with Crippen LogP contribution in [0.25, 0.3) is 0 Å². The molecule has 0 saturated heterocycles. The lowest BCUT2D eigenvalue weighted by Gasteiger charge is -2.21. The summed E-state index contributed by atoms with van der Waals surface area (Å²) in [5.74, 6) is -1.10. The number of aliphatic carboxylic acids is 1. The first kappa shape index (κ1) is 14.0. The molecule has 0 aromatic heterocycles. The number of aliphatic hydroxyl groups is 1. The Hall–Kier alpha value is -1.10. The Balaban J connectivity index is 2.86. The van der Waals surface area contributed by atoms with Gasteiger partial charge in [-0.1, -0.05) is 23.7 Å². The van der Waals surface area contributed by atoms with Crippen molar-refractivity contribution in [1.82, 2.24) is 0 Å². The average molecular weight is 259 g/mol. The highest BCUT2D eigenvalue weighted by Crippen LogP contribution is 2.22. The van der Waals surface area contributed by atoms with Crippen LogP contribution in [0, 0.1) is 0 Å². The molecular weight excluding hydrogens is 244 g/mol. The molecule has 0 heterocycles. The second-order valence-electron chi connectivity index (χ2n) is 3.85. The van der Waals surface area contributed by atoms with Gasteiger partial charge in [0, 0.05) is 5.02 Å². The predicted octanol–water partition coefficient (Wildman–Crippen LogP) is 2.25. The van der Waals surface area contributed by atoms with Gasteiger partial charge in [0.1, 0.15) is 0 Å². The van der Waals surface area contributed by atoms with Gasteiger partial charge < -0.3 is 14.9 Å². The molecule has 0 bridgehead atoms. The van der Waals surface area contributed by atoms with Crippen molar-refractivity contribution in [1.29, 1.82) is 0 Å². The van der Waals surface area contributed by atoms with E-state index in [1.54, 1.807) is 38.1 Å². The SMILES string of the molecule is CC(O)C(C)OC(C(=O)O)c1ccc(Cl)cc1. The van der Waals surface area contributed by atoms with Crippen molar-refractivity contribution in [2.75, 3.05) is 0 Å². The first-order chi connectivity index (χ1) is 7.91. The molecule has 0 fully saturated rings. The lowest BCUT2D eigenvalue weighted by molar-refractivity contribution is -0.158. The van der Waals surface area contributed by atoms with Crippen LogP contribution in [0.1, 0.15) is 25.5 Å². The van der Waals surface area contributed by atoms with E-state index in [9.17, 15) is 9.90 Å². The van der Waals surface area contributed by atoms with Crippen molar-refractivity contribution in [3.05, 3.63) is 34.9 Å². The summed E-state index contributed by atoms with van der Waals surface area (Å²) >= 11 is 5.72. The number of carboxylic acid groups (broad SMARTS) is 1. The van der Waals surface area contributed by atoms with Crippen LogP contribution >= 0.6 is 11.6 Å². The van der Waals surface area contributed by atoms with E-state index in [-0.39, 0.29) is 0 Å². The van der Waals surface area contributed by atoms with Crippen LogP contribution in [0.4, 0.5) is 0 Å². The number of benzene rings is 1. The summed E-state index contributed by atoms with van der Waals surface area (Å²) in [7, 11) is 0. The molecular formula is C12H15ClO4. The lowest BCUT2D eigenvalue weighted by atomic mass is 10.1. The molecule has 5 heteroatoms. The molecule has 17 heavy (non-hydrogen) atoms. The molecule has 3 unspecified atom stereocenters. The maximum atomic E-state index is 11.1. The quantitative estimate of drug-likeness (QED) is 0.850. The minimum atomic E-state index is -1.10. The van der Waals surface area contributed by atoms with E-state index in [1.807, 2.05) is 0 Å². The van der Waals surface area contributed by atoms with E-state index < -0.39 is 24.3 Å². The molecule has 1 aromatic rings. The summed E-state index contributed by atoms with van der Waals surface area (Å²) in [5, 5.41) is 18.9. The van der Waals surface area contributed by atoms with Gasteiger partial charge in [-0.2, -0.15) is 0 Å². The van der Waals surface area contributed by atoms with Gasteiger partial charge in [0.15, 0.2) is 6.10 Å². The topological polar surface area (TPSA) is 66.8 Å². The summed E-state index contributed by atoms with van der Waals surface area (Å²) in [4.78, 5) is 11.1. The van der Waals surface area contributed by atoms with Gasteiger partial charge in [-0.3, -0.25) is 0 Å². The van der Waals surface area contributed by atoms with Crippen molar-refractivity contribution in [2.45, 2.75) is 32.2 Å². The summed E-state index contributed by atoms with van der Waals surface area (Å²) in [6.45, 7) is 3.17. The van der Waals surface area contributed by atoms with Gasteiger partial charge in [-0.15, -0.1) is 0 Å². The van der Waals surface area contributed by atoms with Crippen LogP contribution in [-0.2, 0) is 9.53 Å². The van der Waals surface area contributed by atoms with Crippen LogP contribution in [0.5, 0.6) is 0 Å². The molecule has 0 radical (unpaired) electrons. The Morgan fingerprint density at radius 2 is 1.82 bits per heavy atom. The molecule has 1 rings (SSSR count). The van der Waals surface area contributed by atoms with Gasteiger partial charge >= 0.3 is 5.97 Å². The van der Waals surface area contributed by atoms with E-state index >= 15 is 0 Å². The standard InChI is InChI=1S/C12H15ClO4/c1-7(14)8(2)17-11(12(15)16)9-3-5-10(13)6-4-9/h3-8,11,14H,1-2H3,(H,15,16). The van der Waals surface area contributed by atoms with Crippen LogP contribution in [0.2, 0.25) is 5.02 Å². The van der Waals surface area contributed by atoms with E-state index in [0.717, 1.165) is 0 Å². The largest absolute Gasteiger partial charge is 0.479 e. The van der Waals surface area contributed by atoms with Crippen LogP contribution in [-0.4, -0.2) is 28.4 Å². The number of halogens is 1. The highest BCUT2D eigenvalue weighted by atomic mass is 35.5. The van der Waals surface area contributed by atoms with Gasteiger partial charge in [-0.05, 0) is 31.5 Å². The minimum Gasteiger partial charge on any atom is -0.479 e. The van der Waals surface area contributed by atoms with Crippen LogP contribution in [0.3, 0.4) is 0 Å². The number of hydrogen-bond acceptors (Lipinski definition) is 3. The Morgan fingerprint density at radius 1 is 1.29 bits per heavy atom. The van der Waals surface area contributed by atoms with Crippen LogP contribution < -0.4 is 0 Å². The van der Waals surface area contributed by atoms with E-state index in [0.29, 0.717) is 10.6 Å². The summed E-state index contributed by atoms with van der Waals surface area (Å²) < 4.78 is 5.31. The third kappa shape index (κ3) is 4.00. The number of hydrogen-bond donors (Lipinski definition) is 2. The summed E-state index contributed by atoms with van der Waals surface area (Å²) in [5.41, 5.74) is 0.495. The van der Waals surface area contributed by atoms with Crippen molar-refractivity contribution in [3.63, 3.8) is 0 Å². The van der Waals surface area contributed by atoms with Gasteiger partial charge in [0.05, 0.1) is 12.2 Å². The monoisotopic (exact) mass is 258 g/mol. The maximum absolute atomic E-state index is 11.1. The van der Waals surface area contributed by atoms with Gasteiger partial charge in [0.2, 0.25) is 0 Å². The average Bonchev–Trinajstić information content (AvgIpc) is 2.26. The smallest absolute Gasteiger partial charge is 0.337 e. The first-order valence-electron chi connectivity index (χ1n) is 5.23. The Labute approximate surface area is 105 Å². The fourth-order valence-corrected chi connectivity index (χ4v) is 1.37. The van der Waals surface area contributed by atoms with Crippen molar-refractivity contribution >= 4 is 17.6 Å². The van der Waals surface area contributed by atoms with E-state index in [1.165, 1.54) is 0 Å². The Kier molecular flexibility index (Phi) is 4.93. The van der Waals surface area contributed by atoms with Gasteiger partial charge in [0.25, 0.3) is 0 Å². The fourth-order valence-electron chi connectivity index (χ4n) is 1.25. The molecule has 2 N–H and O–H groups in total.